The van der Waals surface area contributed by atoms with Gasteiger partial charge in [0, 0.05) is 18.0 Å². The van der Waals surface area contributed by atoms with E-state index in [1.54, 1.807) is 16.2 Å². The molecule has 0 saturated carbocycles. The van der Waals surface area contributed by atoms with Crippen molar-refractivity contribution in [2.45, 2.75) is 13.0 Å². The second kappa shape index (κ2) is 7.27. The highest BCUT2D eigenvalue weighted by atomic mass is 79.9. The Bertz CT molecular complexity index is 345. The van der Waals surface area contributed by atoms with Gasteiger partial charge < -0.3 is 10.0 Å². The normalized spacial score (nSPS) is 10.4. The highest BCUT2D eigenvalue weighted by Gasteiger charge is 2.13. The topological polar surface area (TPSA) is 40.5 Å². The Labute approximate surface area is 112 Å². The van der Waals surface area contributed by atoms with E-state index in [1.165, 1.54) is 0 Å². The molecular formula is C10H13BrClNO2S. The largest absolute Gasteiger partial charge is 0.396 e. The zero-order valence-electron chi connectivity index (χ0n) is 8.66. The van der Waals surface area contributed by atoms with Crippen molar-refractivity contribution in [1.82, 2.24) is 4.90 Å². The van der Waals surface area contributed by atoms with Crippen molar-refractivity contribution < 1.29 is 9.90 Å². The number of carbonyl (C=O) groups is 1. The molecule has 0 fully saturated rings. The number of alkyl halides is 1. The number of amides is 1. The molecule has 0 bridgehead atoms. The van der Waals surface area contributed by atoms with Crippen molar-refractivity contribution in [2.24, 2.45) is 0 Å². The average Bonchev–Trinajstić information content (AvgIpc) is 2.69. The number of rotatable bonds is 6. The smallest absolute Gasteiger partial charge is 0.237 e. The first-order chi connectivity index (χ1) is 7.67. The van der Waals surface area contributed by atoms with Crippen LogP contribution in [0.15, 0.2) is 15.9 Å². The van der Waals surface area contributed by atoms with Gasteiger partial charge in [-0.25, -0.2) is 0 Å². The van der Waals surface area contributed by atoms with Crippen LogP contribution in [0.1, 0.15) is 11.3 Å². The third kappa shape index (κ3) is 4.41. The van der Waals surface area contributed by atoms with Gasteiger partial charge in [-0.2, -0.15) is 0 Å². The minimum absolute atomic E-state index is 0.0159. The van der Waals surface area contributed by atoms with Crippen LogP contribution in [0.2, 0.25) is 0 Å². The summed E-state index contributed by atoms with van der Waals surface area (Å²) in [5.41, 5.74) is 0. The molecule has 0 aliphatic rings. The molecular weight excluding hydrogens is 314 g/mol. The molecule has 0 saturated heterocycles. The highest BCUT2D eigenvalue weighted by molar-refractivity contribution is 9.11. The lowest BCUT2D eigenvalue weighted by Gasteiger charge is -2.20. The van der Waals surface area contributed by atoms with Gasteiger partial charge in [-0.1, -0.05) is 0 Å². The fourth-order valence-corrected chi connectivity index (χ4v) is 2.93. The van der Waals surface area contributed by atoms with Crippen LogP contribution in [-0.2, 0) is 11.3 Å². The molecule has 0 unspecified atom stereocenters. The minimum Gasteiger partial charge on any atom is -0.396 e. The summed E-state index contributed by atoms with van der Waals surface area (Å²) in [5.74, 6) is -0.113. The van der Waals surface area contributed by atoms with Crippen LogP contribution in [0.25, 0.3) is 0 Å². The van der Waals surface area contributed by atoms with Gasteiger partial charge in [-0.3, -0.25) is 4.79 Å². The second-order valence-corrected chi connectivity index (χ2v) is 6.05. The molecule has 6 heteroatoms. The van der Waals surface area contributed by atoms with E-state index in [1.807, 2.05) is 12.1 Å². The van der Waals surface area contributed by atoms with Crippen LogP contribution in [0.4, 0.5) is 0 Å². The molecule has 0 aromatic carbocycles. The second-order valence-electron chi connectivity index (χ2n) is 3.23. The van der Waals surface area contributed by atoms with Crippen LogP contribution in [-0.4, -0.2) is 34.9 Å². The van der Waals surface area contributed by atoms with E-state index in [0.29, 0.717) is 19.5 Å². The molecule has 1 amide bonds. The monoisotopic (exact) mass is 325 g/mol. The Balaban J connectivity index is 2.59. The molecule has 16 heavy (non-hydrogen) atoms. The Morgan fingerprint density at radius 2 is 2.31 bits per heavy atom. The van der Waals surface area contributed by atoms with Gasteiger partial charge in [0.05, 0.1) is 10.3 Å². The summed E-state index contributed by atoms with van der Waals surface area (Å²) in [6.07, 6.45) is 0.579. The number of thiophene rings is 1. The van der Waals surface area contributed by atoms with Gasteiger partial charge in [0.1, 0.15) is 5.88 Å². The standard InChI is InChI=1S/C10H13BrClNO2S/c11-9-3-2-8(16-9)7-13(4-1-5-14)10(15)6-12/h2-3,14H,1,4-7H2. The minimum atomic E-state index is -0.0976. The quantitative estimate of drug-likeness (QED) is 0.816. The van der Waals surface area contributed by atoms with Crippen LogP contribution in [0.5, 0.6) is 0 Å². The molecule has 0 atom stereocenters. The van der Waals surface area contributed by atoms with E-state index in [0.717, 1.165) is 8.66 Å². The first kappa shape index (κ1) is 14.0. The molecule has 90 valence electrons. The van der Waals surface area contributed by atoms with E-state index in [-0.39, 0.29) is 18.4 Å². The maximum atomic E-state index is 11.5. The van der Waals surface area contributed by atoms with Crippen molar-refractivity contribution in [3.05, 3.63) is 20.8 Å². The summed E-state index contributed by atoms with van der Waals surface area (Å²) in [6.45, 7) is 1.18. The summed E-state index contributed by atoms with van der Waals surface area (Å²) in [4.78, 5) is 14.3. The Morgan fingerprint density at radius 3 is 2.81 bits per heavy atom. The number of nitrogens with zero attached hydrogens (tertiary/aromatic N) is 1. The fourth-order valence-electron chi connectivity index (χ4n) is 1.26. The zero-order chi connectivity index (χ0) is 12.0. The van der Waals surface area contributed by atoms with Gasteiger partial charge in [-0.05, 0) is 34.5 Å². The summed E-state index contributed by atoms with van der Waals surface area (Å²) >= 11 is 10.5. The Kier molecular flexibility index (Phi) is 6.34. The third-order valence-corrected chi connectivity index (χ3v) is 3.87. The zero-order valence-corrected chi connectivity index (χ0v) is 11.8. The Hall–Kier alpha value is -0.100. The first-order valence-corrected chi connectivity index (χ1v) is 7.00. The summed E-state index contributed by atoms with van der Waals surface area (Å²) < 4.78 is 1.04. The molecule has 1 aromatic heterocycles. The first-order valence-electron chi connectivity index (χ1n) is 4.86. The summed E-state index contributed by atoms with van der Waals surface area (Å²) in [5, 5.41) is 8.76. The number of carbonyl (C=O) groups excluding carboxylic acids is 1. The maximum absolute atomic E-state index is 11.5. The molecule has 0 aliphatic carbocycles. The predicted octanol–water partition coefficient (Wildman–Crippen LogP) is 2.46. The van der Waals surface area contributed by atoms with Crippen LogP contribution in [0.3, 0.4) is 0 Å². The maximum Gasteiger partial charge on any atom is 0.237 e. The lowest BCUT2D eigenvalue weighted by Crippen LogP contribution is -2.32. The molecule has 0 spiro atoms. The van der Waals surface area contributed by atoms with E-state index in [2.05, 4.69) is 15.9 Å². The number of aliphatic hydroxyl groups excluding tert-OH is 1. The molecule has 1 aromatic rings. The van der Waals surface area contributed by atoms with E-state index < -0.39 is 0 Å². The van der Waals surface area contributed by atoms with E-state index >= 15 is 0 Å². The number of hydrogen-bond acceptors (Lipinski definition) is 3. The SMILES string of the molecule is O=C(CCl)N(CCCO)Cc1ccc(Br)s1. The van der Waals surface area contributed by atoms with Crippen molar-refractivity contribution in [1.29, 1.82) is 0 Å². The molecule has 1 rings (SSSR count). The number of aliphatic hydroxyl groups is 1. The fraction of sp³-hybridized carbons (Fsp3) is 0.500. The van der Waals surface area contributed by atoms with Crippen LogP contribution in [0, 0.1) is 0 Å². The van der Waals surface area contributed by atoms with Crippen molar-refractivity contribution in [3.8, 4) is 0 Å². The van der Waals surface area contributed by atoms with Gasteiger partial charge in [-0.15, -0.1) is 22.9 Å². The summed E-state index contributed by atoms with van der Waals surface area (Å²) in [6, 6.07) is 3.93. The molecule has 0 aliphatic heterocycles. The third-order valence-electron chi connectivity index (χ3n) is 2.03. The predicted molar refractivity (Wildman–Crippen MR) is 69.9 cm³/mol. The lowest BCUT2D eigenvalue weighted by molar-refractivity contribution is -0.129. The van der Waals surface area contributed by atoms with Crippen LogP contribution < -0.4 is 0 Å². The molecule has 0 radical (unpaired) electrons. The summed E-state index contributed by atoms with van der Waals surface area (Å²) in [7, 11) is 0. The number of hydrogen-bond donors (Lipinski definition) is 1. The van der Waals surface area contributed by atoms with Gasteiger partial charge >= 0.3 is 0 Å². The van der Waals surface area contributed by atoms with Crippen LogP contribution >= 0.6 is 38.9 Å². The van der Waals surface area contributed by atoms with Crippen molar-refractivity contribution in [3.63, 3.8) is 0 Å². The molecule has 3 nitrogen and oxygen atoms in total. The lowest BCUT2D eigenvalue weighted by atomic mass is 10.3. The average molecular weight is 327 g/mol. The van der Waals surface area contributed by atoms with Gasteiger partial charge in [0.2, 0.25) is 5.91 Å². The van der Waals surface area contributed by atoms with Gasteiger partial charge in [0.15, 0.2) is 0 Å². The van der Waals surface area contributed by atoms with Gasteiger partial charge in [0.25, 0.3) is 0 Å². The number of halogens is 2. The molecule has 1 heterocycles. The van der Waals surface area contributed by atoms with E-state index in [4.69, 9.17) is 16.7 Å². The van der Waals surface area contributed by atoms with Crippen molar-refractivity contribution >= 4 is 44.8 Å². The van der Waals surface area contributed by atoms with Crippen molar-refractivity contribution in [2.75, 3.05) is 19.0 Å². The molecule has 1 N–H and O–H groups in total. The highest BCUT2D eigenvalue weighted by Crippen LogP contribution is 2.23. The Morgan fingerprint density at radius 1 is 1.56 bits per heavy atom. The van der Waals surface area contributed by atoms with E-state index in [9.17, 15) is 4.79 Å².